The second-order valence-corrected chi connectivity index (χ2v) is 7.38. The molecule has 2 aliphatic rings. The van der Waals surface area contributed by atoms with Crippen LogP contribution in [0.2, 0.25) is 0 Å². The number of aromatic amines is 1. The minimum absolute atomic E-state index is 0.00764. The first-order chi connectivity index (χ1) is 11.3. The van der Waals surface area contributed by atoms with E-state index in [1.807, 2.05) is 0 Å². The normalized spacial score (nSPS) is 36.1. The summed E-state index contributed by atoms with van der Waals surface area (Å²) >= 11 is 3.18. The number of halogens is 1. The maximum Gasteiger partial charge on any atom is 0.472 e. The lowest BCUT2D eigenvalue weighted by molar-refractivity contribution is -0.0669. The second kappa shape index (κ2) is 5.33. The van der Waals surface area contributed by atoms with E-state index in [2.05, 4.69) is 35.4 Å². The van der Waals surface area contributed by atoms with E-state index in [0.717, 1.165) is 0 Å². The van der Waals surface area contributed by atoms with Crippen molar-refractivity contribution in [2.45, 2.75) is 24.5 Å². The van der Waals surface area contributed by atoms with E-state index in [1.54, 1.807) is 0 Å². The molecule has 130 valence electrons. The number of nitrogens with zero attached hydrogens (tertiary/aromatic N) is 3. The summed E-state index contributed by atoms with van der Waals surface area (Å²) in [5.74, 6) is -0.134. The fourth-order valence-electron chi connectivity index (χ4n) is 2.75. The van der Waals surface area contributed by atoms with Gasteiger partial charge in [0, 0.05) is 0 Å². The summed E-state index contributed by atoms with van der Waals surface area (Å²) < 4.78 is 28.2. The van der Waals surface area contributed by atoms with Crippen molar-refractivity contribution in [3.05, 3.63) is 15.1 Å². The zero-order valence-corrected chi connectivity index (χ0v) is 14.2. The summed E-state index contributed by atoms with van der Waals surface area (Å²) in [6, 6.07) is 0. The third-order valence-corrected chi connectivity index (χ3v) is 5.29. The molecule has 0 aliphatic carbocycles. The number of aliphatic hydroxyl groups excluding tert-OH is 1. The summed E-state index contributed by atoms with van der Waals surface area (Å²) in [5, 5.41) is 10.5. The van der Waals surface area contributed by atoms with Crippen molar-refractivity contribution in [1.29, 1.82) is 0 Å². The number of phosphoric ester groups is 1. The van der Waals surface area contributed by atoms with Crippen LogP contribution in [-0.2, 0) is 18.3 Å². The first kappa shape index (κ1) is 16.1. The van der Waals surface area contributed by atoms with Crippen molar-refractivity contribution in [3.8, 4) is 0 Å². The van der Waals surface area contributed by atoms with Crippen LogP contribution in [0.15, 0.2) is 9.53 Å². The highest BCUT2D eigenvalue weighted by atomic mass is 79.9. The molecule has 2 aliphatic heterocycles. The van der Waals surface area contributed by atoms with Crippen molar-refractivity contribution >= 4 is 40.9 Å². The number of rotatable bonds is 1. The highest BCUT2D eigenvalue weighted by Gasteiger charge is 2.53. The van der Waals surface area contributed by atoms with E-state index < -0.39 is 37.9 Å². The van der Waals surface area contributed by atoms with Crippen LogP contribution in [0.25, 0.3) is 11.2 Å². The average Bonchev–Trinajstić information content (AvgIpc) is 2.96. The van der Waals surface area contributed by atoms with Crippen molar-refractivity contribution in [3.63, 3.8) is 0 Å². The van der Waals surface area contributed by atoms with Gasteiger partial charge < -0.3 is 20.5 Å². The number of fused-ring (bicyclic) bond motifs is 2. The number of nitrogen functional groups attached to an aromatic ring is 1. The maximum atomic E-state index is 11.9. The highest BCUT2D eigenvalue weighted by molar-refractivity contribution is 9.10. The number of aromatic nitrogens is 4. The highest BCUT2D eigenvalue weighted by Crippen LogP contribution is 2.52. The zero-order chi connectivity index (χ0) is 17.2. The molecule has 2 aromatic heterocycles. The number of anilines is 1. The van der Waals surface area contributed by atoms with E-state index in [4.69, 9.17) is 15.0 Å². The van der Waals surface area contributed by atoms with E-state index in [1.165, 1.54) is 4.57 Å². The average molecular weight is 424 g/mol. The Morgan fingerprint density at radius 2 is 2.21 bits per heavy atom. The smallest absolute Gasteiger partial charge is 0.386 e. The molecule has 0 saturated carbocycles. The number of nitrogens with two attached hydrogens (primary N) is 1. The van der Waals surface area contributed by atoms with Crippen LogP contribution >= 0.6 is 23.8 Å². The van der Waals surface area contributed by atoms with Gasteiger partial charge in [-0.3, -0.25) is 23.4 Å². The minimum atomic E-state index is -4.24. The largest absolute Gasteiger partial charge is 0.472 e. The number of hydrogen-bond acceptors (Lipinski definition) is 9. The Morgan fingerprint density at radius 3 is 2.96 bits per heavy atom. The van der Waals surface area contributed by atoms with Crippen LogP contribution in [0.1, 0.15) is 6.23 Å². The lowest BCUT2D eigenvalue weighted by Gasteiger charge is -2.27. The fraction of sp³-hybridized carbons (Fsp3) is 0.500. The molecule has 2 fully saturated rings. The van der Waals surface area contributed by atoms with Crippen molar-refractivity contribution in [1.82, 2.24) is 19.5 Å². The monoisotopic (exact) mass is 423 g/mol. The Labute approximate surface area is 141 Å². The van der Waals surface area contributed by atoms with E-state index in [0.29, 0.717) is 0 Å². The molecule has 2 aromatic rings. The van der Waals surface area contributed by atoms with Crippen LogP contribution in [0.5, 0.6) is 0 Å². The number of phosphoric acid groups is 1. The van der Waals surface area contributed by atoms with Crippen LogP contribution in [0.3, 0.4) is 0 Å². The summed E-state index contributed by atoms with van der Waals surface area (Å²) in [6.07, 6.45) is -4.25. The Morgan fingerprint density at radius 1 is 1.46 bits per heavy atom. The molecule has 0 bridgehead atoms. The number of hydrogen-bond donors (Lipinski definition) is 4. The molecule has 0 spiro atoms. The number of H-pyrrole nitrogens is 1. The molecule has 2 saturated heterocycles. The summed E-state index contributed by atoms with van der Waals surface area (Å²) in [7, 11) is -4.24. The molecule has 0 radical (unpaired) electrons. The van der Waals surface area contributed by atoms with Gasteiger partial charge in [0.1, 0.15) is 18.3 Å². The second-order valence-electron chi connectivity index (χ2n) is 5.26. The summed E-state index contributed by atoms with van der Waals surface area (Å²) in [4.78, 5) is 31.7. The molecular formula is C10H11BrN5O7P. The number of imidazole rings is 1. The van der Waals surface area contributed by atoms with Gasteiger partial charge in [0.25, 0.3) is 5.56 Å². The lowest BCUT2D eigenvalue weighted by atomic mass is 10.1. The molecule has 5 N–H and O–H groups in total. The van der Waals surface area contributed by atoms with Gasteiger partial charge in [-0.15, -0.1) is 0 Å². The molecule has 0 aromatic carbocycles. The minimum Gasteiger partial charge on any atom is -0.386 e. The van der Waals surface area contributed by atoms with E-state index in [-0.39, 0.29) is 28.5 Å². The summed E-state index contributed by atoms with van der Waals surface area (Å²) in [5.41, 5.74) is 5.07. The molecule has 5 atom stereocenters. The topological polar surface area (TPSA) is 175 Å². The molecule has 4 heterocycles. The predicted octanol–water partition coefficient (Wildman–Crippen LogP) is -0.762. The third kappa shape index (κ3) is 2.40. The molecular weight excluding hydrogens is 413 g/mol. The van der Waals surface area contributed by atoms with Gasteiger partial charge in [-0.1, -0.05) is 0 Å². The first-order valence-electron chi connectivity index (χ1n) is 6.69. The first-order valence-corrected chi connectivity index (χ1v) is 8.98. The van der Waals surface area contributed by atoms with Crippen LogP contribution in [0, 0.1) is 0 Å². The zero-order valence-electron chi connectivity index (χ0n) is 11.7. The van der Waals surface area contributed by atoms with Crippen LogP contribution in [-0.4, -0.2) is 54.4 Å². The number of ether oxygens (including phenoxy) is 1. The molecule has 4 rings (SSSR count). The van der Waals surface area contributed by atoms with Gasteiger partial charge in [-0.05, 0) is 15.9 Å². The Kier molecular flexibility index (Phi) is 3.58. The Hall–Kier alpha value is -1.34. The quantitative estimate of drug-likeness (QED) is 0.336. The standard InChI is InChI=1S/C10H11BrN5O7P/c11-9-13-3-6(14-10(12)15-7(3)18)16(9)8-4(17)5-2(22-8)1-21-24(19,20)23-5/h2,4-5,8,17H,1H2,(H,19,20)(H3,12,14,15,18)/t2-,4?,5?,8?/m1/s1. The number of nitrogens with one attached hydrogen (secondary N) is 1. The Balaban J connectivity index is 1.80. The van der Waals surface area contributed by atoms with E-state index >= 15 is 0 Å². The van der Waals surface area contributed by atoms with Gasteiger partial charge in [-0.25, -0.2) is 9.55 Å². The maximum absolute atomic E-state index is 11.9. The van der Waals surface area contributed by atoms with Gasteiger partial charge in [0.2, 0.25) is 5.95 Å². The third-order valence-electron chi connectivity index (χ3n) is 3.75. The van der Waals surface area contributed by atoms with Gasteiger partial charge in [0.15, 0.2) is 22.1 Å². The van der Waals surface area contributed by atoms with Crippen LogP contribution in [0.4, 0.5) is 5.95 Å². The number of aliphatic hydroxyl groups is 1. The van der Waals surface area contributed by atoms with Gasteiger partial charge >= 0.3 is 7.82 Å². The van der Waals surface area contributed by atoms with Gasteiger partial charge in [-0.2, -0.15) is 4.98 Å². The molecule has 12 nitrogen and oxygen atoms in total. The molecule has 14 heteroatoms. The molecule has 4 unspecified atom stereocenters. The van der Waals surface area contributed by atoms with Crippen LogP contribution < -0.4 is 11.3 Å². The lowest BCUT2D eigenvalue weighted by Crippen LogP contribution is -2.39. The van der Waals surface area contributed by atoms with Crippen molar-refractivity contribution in [2.24, 2.45) is 0 Å². The fourth-order valence-corrected chi connectivity index (χ4v) is 4.26. The summed E-state index contributed by atoms with van der Waals surface area (Å²) in [6.45, 7) is -0.230. The Bertz CT molecular complexity index is 930. The SMILES string of the molecule is Nc1nc2c(nc(Br)n2C2O[C@@H]3COP(=O)(O)OC3C2O)c(=O)[nH]1. The van der Waals surface area contributed by atoms with Gasteiger partial charge in [0.05, 0.1) is 6.61 Å². The molecule has 24 heavy (non-hydrogen) atoms. The van der Waals surface area contributed by atoms with Crippen molar-refractivity contribution in [2.75, 3.05) is 12.3 Å². The molecule has 0 amide bonds. The van der Waals surface area contributed by atoms with E-state index in [9.17, 15) is 19.4 Å². The van der Waals surface area contributed by atoms with Crippen molar-refractivity contribution < 1.29 is 28.3 Å². The predicted molar refractivity (Wildman–Crippen MR) is 80.8 cm³/mol.